The van der Waals surface area contributed by atoms with Gasteiger partial charge >= 0.3 is 0 Å². The molecule has 1 fully saturated rings. The van der Waals surface area contributed by atoms with Crippen molar-refractivity contribution in [2.45, 2.75) is 51.2 Å². The van der Waals surface area contributed by atoms with E-state index in [1.165, 1.54) is 18.6 Å². The first-order chi connectivity index (χ1) is 12.1. The molecule has 0 bridgehead atoms. The van der Waals surface area contributed by atoms with Gasteiger partial charge in [0.1, 0.15) is 18.5 Å². The summed E-state index contributed by atoms with van der Waals surface area (Å²) in [4.78, 5) is 16.3. The summed E-state index contributed by atoms with van der Waals surface area (Å²) in [5.41, 5.74) is 0.649. The molecule has 1 aliphatic rings. The van der Waals surface area contributed by atoms with Crippen LogP contribution in [0.4, 0.5) is 4.39 Å². The summed E-state index contributed by atoms with van der Waals surface area (Å²) in [6.45, 7) is 1.80. The molecular weight excluding hydrogens is 325 g/mol. The number of halogens is 1. The molecule has 0 aliphatic heterocycles. The third kappa shape index (κ3) is 4.85. The van der Waals surface area contributed by atoms with Crippen LogP contribution in [0.5, 0.6) is 0 Å². The zero-order chi connectivity index (χ0) is 17.6. The van der Waals surface area contributed by atoms with Crippen molar-refractivity contribution in [3.05, 3.63) is 36.0 Å². The topological polar surface area (TPSA) is 77.2 Å². The number of ether oxygens (including phenoxy) is 1. The van der Waals surface area contributed by atoms with E-state index in [1.54, 1.807) is 19.1 Å². The first kappa shape index (κ1) is 17.5. The van der Waals surface area contributed by atoms with Gasteiger partial charge < -0.3 is 14.6 Å². The van der Waals surface area contributed by atoms with E-state index in [0.717, 1.165) is 25.7 Å². The summed E-state index contributed by atoms with van der Waals surface area (Å²) >= 11 is 0. The van der Waals surface area contributed by atoms with E-state index < -0.39 is 6.04 Å². The molecule has 1 N–H and O–H groups in total. The third-order valence-corrected chi connectivity index (χ3v) is 4.29. The van der Waals surface area contributed by atoms with E-state index in [0.29, 0.717) is 17.3 Å². The summed E-state index contributed by atoms with van der Waals surface area (Å²) in [6.07, 6.45) is 5.80. The molecule has 1 aromatic heterocycles. The molecule has 6 nitrogen and oxygen atoms in total. The first-order valence-electron chi connectivity index (χ1n) is 8.62. The maximum Gasteiger partial charge on any atom is 0.249 e. The Morgan fingerprint density at radius 2 is 2.04 bits per heavy atom. The number of hydrogen-bond acceptors (Lipinski definition) is 5. The molecular formula is C18H22FN3O3. The number of hydrogen-bond donors (Lipinski definition) is 1. The molecule has 3 rings (SSSR count). The molecule has 7 heteroatoms. The number of amides is 1. The molecule has 1 amide bonds. The van der Waals surface area contributed by atoms with Gasteiger partial charge in [0.25, 0.3) is 0 Å². The van der Waals surface area contributed by atoms with Crippen LogP contribution in [0.15, 0.2) is 28.8 Å². The van der Waals surface area contributed by atoms with E-state index in [4.69, 9.17) is 9.26 Å². The van der Waals surface area contributed by atoms with E-state index in [9.17, 15) is 9.18 Å². The Hall–Kier alpha value is -2.28. The highest BCUT2D eigenvalue weighted by atomic mass is 19.1. The molecule has 2 aromatic rings. The van der Waals surface area contributed by atoms with E-state index >= 15 is 0 Å². The molecule has 1 atom stereocenters. The van der Waals surface area contributed by atoms with Crippen LogP contribution in [0.25, 0.3) is 11.4 Å². The van der Waals surface area contributed by atoms with Crippen LogP contribution in [-0.2, 0) is 9.53 Å². The fraction of sp³-hybridized carbons (Fsp3) is 0.500. The number of benzene rings is 1. The SMILES string of the molecule is CC(NC(=O)COC1CCCCC1)c1nc(-c2ccc(F)cc2)no1. The van der Waals surface area contributed by atoms with Crippen molar-refractivity contribution in [1.29, 1.82) is 0 Å². The lowest BCUT2D eigenvalue weighted by Gasteiger charge is -2.21. The molecule has 1 aliphatic carbocycles. The summed E-state index contributed by atoms with van der Waals surface area (Å²) < 4.78 is 23.8. The second-order valence-corrected chi connectivity index (χ2v) is 6.32. The second-order valence-electron chi connectivity index (χ2n) is 6.32. The minimum Gasteiger partial charge on any atom is -0.368 e. The van der Waals surface area contributed by atoms with Crippen molar-refractivity contribution in [1.82, 2.24) is 15.5 Å². The summed E-state index contributed by atoms with van der Waals surface area (Å²) in [7, 11) is 0. The smallest absolute Gasteiger partial charge is 0.249 e. The number of nitrogens with one attached hydrogen (secondary N) is 1. The van der Waals surface area contributed by atoms with Crippen molar-refractivity contribution < 1.29 is 18.4 Å². The van der Waals surface area contributed by atoms with Gasteiger partial charge in [-0.25, -0.2) is 4.39 Å². The van der Waals surface area contributed by atoms with Crippen LogP contribution in [0.1, 0.15) is 51.0 Å². The fourth-order valence-corrected chi connectivity index (χ4v) is 2.90. The lowest BCUT2D eigenvalue weighted by atomic mass is 9.98. The molecule has 1 saturated carbocycles. The predicted molar refractivity (Wildman–Crippen MR) is 89.1 cm³/mol. The maximum atomic E-state index is 13.0. The zero-order valence-corrected chi connectivity index (χ0v) is 14.2. The highest BCUT2D eigenvalue weighted by Crippen LogP contribution is 2.21. The molecule has 1 heterocycles. The molecule has 0 radical (unpaired) electrons. The highest BCUT2D eigenvalue weighted by molar-refractivity contribution is 5.77. The summed E-state index contributed by atoms with van der Waals surface area (Å²) in [5, 5.41) is 6.66. The average Bonchev–Trinajstić information content (AvgIpc) is 3.12. The Kier molecular flexibility index (Phi) is 5.75. The minimum absolute atomic E-state index is 0.0357. The lowest BCUT2D eigenvalue weighted by Crippen LogP contribution is -2.32. The van der Waals surface area contributed by atoms with Gasteiger partial charge in [0.2, 0.25) is 17.6 Å². The van der Waals surface area contributed by atoms with Crippen LogP contribution in [0.2, 0.25) is 0 Å². The van der Waals surface area contributed by atoms with Crippen molar-refractivity contribution in [3.8, 4) is 11.4 Å². The summed E-state index contributed by atoms with van der Waals surface area (Å²) in [5.74, 6) is 0.116. The Morgan fingerprint density at radius 3 is 2.76 bits per heavy atom. The average molecular weight is 347 g/mol. The van der Waals surface area contributed by atoms with Gasteiger partial charge in [0, 0.05) is 5.56 Å². The number of rotatable bonds is 6. The molecule has 1 unspecified atom stereocenters. The van der Waals surface area contributed by atoms with Crippen molar-refractivity contribution in [2.24, 2.45) is 0 Å². The zero-order valence-electron chi connectivity index (χ0n) is 14.2. The van der Waals surface area contributed by atoms with Crippen LogP contribution in [0.3, 0.4) is 0 Å². The first-order valence-corrected chi connectivity index (χ1v) is 8.62. The highest BCUT2D eigenvalue weighted by Gasteiger charge is 2.19. The molecule has 1 aromatic carbocycles. The largest absolute Gasteiger partial charge is 0.368 e. The Balaban J connectivity index is 1.51. The number of nitrogens with zero attached hydrogens (tertiary/aromatic N) is 2. The van der Waals surface area contributed by atoms with Gasteiger partial charge in [-0.15, -0.1) is 0 Å². The minimum atomic E-state index is -0.427. The number of carbonyl (C=O) groups excluding carboxylic acids is 1. The van der Waals surface area contributed by atoms with Crippen LogP contribution < -0.4 is 5.32 Å². The summed E-state index contributed by atoms with van der Waals surface area (Å²) in [6, 6.07) is 5.39. The molecule has 0 spiro atoms. The molecule has 25 heavy (non-hydrogen) atoms. The van der Waals surface area contributed by atoms with Crippen molar-refractivity contribution >= 4 is 5.91 Å². The molecule has 0 saturated heterocycles. The third-order valence-electron chi connectivity index (χ3n) is 4.29. The lowest BCUT2D eigenvalue weighted by molar-refractivity contribution is -0.129. The van der Waals surface area contributed by atoms with Crippen LogP contribution >= 0.6 is 0 Å². The molecule has 134 valence electrons. The van der Waals surface area contributed by atoms with Crippen LogP contribution in [0, 0.1) is 5.82 Å². The fourth-order valence-electron chi connectivity index (χ4n) is 2.90. The van der Waals surface area contributed by atoms with E-state index in [-0.39, 0.29) is 24.4 Å². The monoisotopic (exact) mass is 347 g/mol. The quantitative estimate of drug-likeness (QED) is 0.866. The Morgan fingerprint density at radius 1 is 1.32 bits per heavy atom. The second kappa shape index (κ2) is 8.20. The van der Waals surface area contributed by atoms with E-state index in [1.807, 2.05) is 0 Å². The number of carbonyl (C=O) groups is 1. The van der Waals surface area contributed by atoms with Gasteiger partial charge in [-0.2, -0.15) is 4.98 Å². The van der Waals surface area contributed by atoms with Crippen molar-refractivity contribution in [2.75, 3.05) is 6.61 Å². The Labute approximate surface area is 145 Å². The van der Waals surface area contributed by atoms with E-state index in [2.05, 4.69) is 15.5 Å². The van der Waals surface area contributed by atoms with Gasteiger partial charge in [0.15, 0.2) is 0 Å². The standard InChI is InChI=1S/C18H22FN3O3/c1-12(20-16(23)11-24-15-5-3-2-4-6-15)18-21-17(22-25-18)13-7-9-14(19)10-8-13/h7-10,12,15H,2-6,11H2,1H3,(H,20,23). The maximum absolute atomic E-state index is 13.0. The van der Waals surface area contributed by atoms with Crippen LogP contribution in [-0.4, -0.2) is 28.8 Å². The van der Waals surface area contributed by atoms with Crippen molar-refractivity contribution in [3.63, 3.8) is 0 Å². The van der Waals surface area contributed by atoms with Gasteiger partial charge in [-0.3, -0.25) is 4.79 Å². The Bertz CT molecular complexity index is 696. The van der Waals surface area contributed by atoms with Gasteiger partial charge in [-0.05, 0) is 44.0 Å². The predicted octanol–water partition coefficient (Wildman–Crippen LogP) is 3.40. The normalized spacial score (nSPS) is 16.6. The van der Waals surface area contributed by atoms with Gasteiger partial charge in [-0.1, -0.05) is 24.4 Å². The van der Waals surface area contributed by atoms with Gasteiger partial charge in [0.05, 0.1) is 6.10 Å². The number of aromatic nitrogens is 2.